The lowest BCUT2D eigenvalue weighted by Crippen LogP contribution is -2.29. The van der Waals surface area contributed by atoms with Crippen LogP contribution in [0.2, 0.25) is 0 Å². The van der Waals surface area contributed by atoms with E-state index in [0.29, 0.717) is 29.8 Å². The number of carbonyl (C=O) groups is 2. The second-order valence-electron chi connectivity index (χ2n) is 7.72. The number of carbonyl (C=O) groups excluding carboxylic acids is 2. The molecule has 0 aliphatic rings. The minimum Gasteiger partial charge on any atom is -0.494 e. The van der Waals surface area contributed by atoms with Crippen molar-refractivity contribution in [2.24, 2.45) is 0 Å². The molecule has 9 nitrogen and oxygen atoms in total. The van der Waals surface area contributed by atoms with Crippen LogP contribution >= 0.6 is 11.8 Å². The number of amides is 2. The lowest BCUT2D eigenvalue weighted by molar-refractivity contribution is -0.123. The molecule has 0 bridgehead atoms. The number of aromatic nitrogens is 3. The van der Waals surface area contributed by atoms with Crippen molar-refractivity contribution in [1.29, 1.82) is 0 Å². The Bertz CT molecular complexity index is 1130. The Morgan fingerprint density at radius 2 is 1.69 bits per heavy atom. The number of benzene rings is 2. The van der Waals surface area contributed by atoms with Crippen LogP contribution in [0.25, 0.3) is 0 Å². The number of nitrogens with one attached hydrogen (secondary N) is 2. The summed E-state index contributed by atoms with van der Waals surface area (Å²) in [6, 6.07) is 13.1. The van der Waals surface area contributed by atoms with Crippen molar-refractivity contribution in [3.8, 4) is 11.5 Å². The number of nitrogens with zero attached hydrogens (tertiary/aromatic N) is 3. The normalized spacial score (nSPS) is 10.6. The molecule has 2 aromatic carbocycles. The number of aryl methyl sites for hydroxylation is 2. The summed E-state index contributed by atoms with van der Waals surface area (Å²) in [4.78, 5) is 24.7. The highest BCUT2D eigenvalue weighted by atomic mass is 32.2. The Kier molecular flexibility index (Phi) is 9.54. The third-order valence-corrected chi connectivity index (χ3v) is 6.06. The van der Waals surface area contributed by atoms with Gasteiger partial charge in [-0.05, 0) is 63.1 Å². The van der Waals surface area contributed by atoms with Gasteiger partial charge in [-0.2, -0.15) is 0 Å². The Labute approximate surface area is 209 Å². The number of ether oxygens (including phenoxy) is 2. The van der Waals surface area contributed by atoms with Gasteiger partial charge in [0.1, 0.15) is 11.5 Å². The third kappa shape index (κ3) is 7.48. The third-order valence-electron chi connectivity index (χ3n) is 5.09. The molecule has 186 valence electrons. The van der Waals surface area contributed by atoms with Crippen molar-refractivity contribution >= 4 is 29.3 Å². The molecule has 35 heavy (non-hydrogen) atoms. The van der Waals surface area contributed by atoms with E-state index in [9.17, 15) is 9.59 Å². The molecular formula is C25H31N5O4S. The maximum absolute atomic E-state index is 12.4. The molecule has 0 atom stereocenters. The van der Waals surface area contributed by atoms with E-state index in [1.54, 1.807) is 12.1 Å². The highest BCUT2D eigenvalue weighted by Crippen LogP contribution is 2.22. The Morgan fingerprint density at radius 1 is 0.971 bits per heavy atom. The van der Waals surface area contributed by atoms with Gasteiger partial charge in [0.15, 0.2) is 17.6 Å². The molecule has 0 saturated carbocycles. The highest BCUT2D eigenvalue weighted by Gasteiger charge is 2.15. The molecule has 2 N–H and O–H groups in total. The Morgan fingerprint density at radius 3 is 2.34 bits per heavy atom. The van der Waals surface area contributed by atoms with Gasteiger partial charge in [-0.3, -0.25) is 9.59 Å². The SMILES string of the molecule is CCOc1ccc(NC(=O)CSc2nnc(CNC(=O)COc3c(C)cccc3C)n2CC)cc1. The summed E-state index contributed by atoms with van der Waals surface area (Å²) < 4.78 is 13.0. The van der Waals surface area contributed by atoms with Gasteiger partial charge in [0, 0.05) is 12.2 Å². The fraction of sp³-hybridized carbons (Fsp3) is 0.360. The van der Waals surface area contributed by atoms with Gasteiger partial charge in [-0.1, -0.05) is 30.0 Å². The van der Waals surface area contributed by atoms with Crippen LogP contribution in [0, 0.1) is 13.8 Å². The number of para-hydroxylation sites is 1. The van der Waals surface area contributed by atoms with Gasteiger partial charge in [0.2, 0.25) is 5.91 Å². The zero-order valence-corrected chi connectivity index (χ0v) is 21.3. The molecule has 3 rings (SSSR count). The van der Waals surface area contributed by atoms with E-state index in [1.807, 2.05) is 62.6 Å². The van der Waals surface area contributed by atoms with Crippen LogP contribution in [-0.4, -0.2) is 45.5 Å². The molecule has 3 aromatic rings. The van der Waals surface area contributed by atoms with E-state index in [2.05, 4.69) is 20.8 Å². The van der Waals surface area contributed by atoms with Crippen LogP contribution in [0.1, 0.15) is 30.8 Å². The molecule has 0 radical (unpaired) electrons. The first-order valence-corrected chi connectivity index (χ1v) is 12.4. The predicted octanol–water partition coefficient (Wildman–Crippen LogP) is 3.74. The van der Waals surface area contributed by atoms with Crippen LogP contribution in [-0.2, 0) is 22.7 Å². The number of hydrogen-bond donors (Lipinski definition) is 2. The summed E-state index contributed by atoms with van der Waals surface area (Å²) >= 11 is 1.29. The first kappa shape index (κ1) is 26.1. The summed E-state index contributed by atoms with van der Waals surface area (Å²) in [5.41, 5.74) is 2.66. The van der Waals surface area contributed by atoms with Gasteiger partial charge in [-0.15, -0.1) is 10.2 Å². The molecule has 0 spiro atoms. The summed E-state index contributed by atoms with van der Waals surface area (Å²) in [7, 11) is 0. The van der Waals surface area contributed by atoms with Crippen LogP contribution in [0.4, 0.5) is 5.69 Å². The van der Waals surface area contributed by atoms with E-state index in [1.165, 1.54) is 11.8 Å². The maximum Gasteiger partial charge on any atom is 0.258 e. The number of anilines is 1. The number of rotatable bonds is 12. The zero-order valence-electron chi connectivity index (χ0n) is 20.5. The summed E-state index contributed by atoms with van der Waals surface area (Å²) in [6.45, 7) is 9.11. The summed E-state index contributed by atoms with van der Waals surface area (Å²) in [6.07, 6.45) is 0. The second-order valence-corrected chi connectivity index (χ2v) is 8.67. The molecule has 1 aromatic heterocycles. The maximum atomic E-state index is 12.4. The minimum atomic E-state index is -0.248. The topological polar surface area (TPSA) is 107 Å². The lowest BCUT2D eigenvalue weighted by atomic mass is 10.1. The first-order valence-electron chi connectivity index (χ1n) is 11.4. The average Bonchev–Trinajstić information content (AvgIpc) is 3.24. The van der Waals surface area contributed by atoms with Crippen molar-refractivity contribution in [1.82, 2.24) is 20.1 Å². The summed E-state index contributed by atoms with van der Waals surface area (Å²) in [5.74, 6) is 1.88. The predicted molar refractivity (Wildman–Crippen MR) is 136 cm³/mol. The van der Waals surface area contributed by atoms with Crippen LogP contribution in [0.5, 0.6) is 11.5 Å². The molecule has 0 aliphatic carbocycles. The van der Waals surface area contributed by atoms with Crippen molar-refractivity contribution in [3.63, 3.8) is 0 Å². The van der Waals surface area contributed by atoms with E-state index >= 15 is 0 Å². The van der Waals surface area contributed by atoms with Gasteiger partial charge >= 0.3 is 0 Å². The van der Waals surface area contributed by atoms with Crippen molar-refractivity contribution in [2.45, 2.75) is 45.9 Å². The van der Waals surface area contributed by atoms with Crippen LogP contribution in [0.15, 0.2) is 47.6 Å². The van der Waals surface area contributed by atoms with Crippen LogP contribution in [0.3, 0.4) is 0 Å². The molecular weight excluding hydrogens is 466 g/mol. The minimum absolute atomic E-state index is 0.0840. The second kappa shape index (κ2) is 12.8. The highest BCUT2D eigenvalue weighted by molar-refractivity contribution is 7.99. The molecule has 0 saturated heterocycles. The lowest BCUT2D eigenvalue weighted by Gasteiger charge is -2.12. The molecule has 2 amide bonds. The quantitative estimate of drug-likeness (QED) is 0.367. The van der Waals surface area contributed by atoms with E-state index in [-0.39, 0.29) is 30.7 Å². The fourth-order valence-electron chi connectivity index (χ4n) is 3.40. The standard InChI is InChI=1S/C25H31N5O4S/c1-5-30-21(14-26-22(31)15-34-24-17(3)8-7-9-18(24)4)28-29-25(30)35-16-23(32)27-19-10-12-20(13-11-19)33-6-2/h7-13H,5-6,14-16H2,1-4H3,(H,26,31)(H,27,32). The molecule has 0 fully saturated rings. The largest absolute Gasteiger partial charge is 0.494 e. The van der Waals surface area contributed by atoms with Gasteiger partial charge < -0.3 is 24.7 Å². The Balaban J connectivity index is 1.48. The van der Waals surface area contributed by atoms with Crippen molar-refractivity contribution in [2.75, 3.05) is 24.3 Å². The van der Waals surface area contributed by atoms with Crippen molar-refractivity contribution in [3.05, 3.63) is 59.4 Å². The molecule has 1 heterocycles. The Hall–Kier alpha value is -3.53. The first-order chi connectivity index (χ1) is 16.9. The van der Waals surface area contributed by atoms with Gasteiger partial charge in [0.05, 0.1) is 18.9 Å². The van der Waals surface area contributed by atoms with E-state index in [0.717, 1.165) is 22.6 Å². The molecule has 0 unspecified atom stereocenters. The summed E-state index contributed by atoms with van der Waals surface area (Å²) in [5, 5.41) is 14.7. The van der Waals surface area contributed by atoms with Crippen molar-refractivity contribution < 1.29 is 19.1 Å². The molecule has 0 aliphatic heterocycles. The van der Waals surface area contributed by atoms with Gasteiger partial charge in [-0.25, -0.2) is 0 Å². The number of hydrogen-bond acceptors (Lipinski definition) is 7. The average molecular weight is 498 g/mol. The van der Waals surface area contributed by atoms with E-state index in [4.69, 9.17) is 9.47 Å². The van der Waals surface area contributed by atoms with E-state index < -0.39 is 0 Å². The monoisotopic (exact) mass is 497 g/mol. The number of thioether (sulfide) groups is 1. The fourth-order valence-corrected chi connectivity index (χ4v) is 4.22. The van der Waals surface area contributed by atoms with Gasteiger partial charge in [0.25, 0.3) is 5.91 Å². The zero-order chi connectivity index (χ0) is 25.2. The molecule has 10 heteroatoms. The van der Waals surface area contributed by atoms with Crippen LogP contribution < -0.4 is 20.1 Å². The smallest absolute Gasteiger partial charge is 0.258 e.